The lowest BCUT2D eigenvalue weighted by Crippen LogP contribution is -2.46. The third kappa shape index (κ3) is 4.30. The van der Waals surface area contributed by atoms with Crippen LogP contribution in [0.5, 0.6) is 0 Å². The Balaban J connectivity index is 1.51. The Bertz CT molecular complexity index is 625. The fourth-order valence-electron chi connectivity index (χ4n) is 2.75. The Morgan fingerprint density at radius 1 is 1.35 bits per heavy atom. The molecule has 0 aliphatic carbocycles. The number of nitrogens with zero attached hydrogens (tertiary/aromatic N) is 4. The molecule has 126 valence electrons. The molecule has 2 aromatic rings. The van der Waals surface area contributed by atoms with Crippen LogP contribution in [0.4, 0.5) is 0 Å². The van der Waals surface area contributed by atoms with E-state index in [4.69, 9.17) is 20.9 Å². The smallest absolute Gasteiger partial charge is 0.243 e. The quantitative estimate of drug-likeness (QED) is 0.793. The minimum atomic E-state index is 0.131. The van der Waals surface area contributed by atoms with Gasteiger partial charge in [-0.3, -0.25) is 9.80 Å². The van der Waals surface area contributed by atoms with Crippen LogP contribution in [-0.4, -0.2) is 53.2 Å². The van der Waals surface area contributed by atoms with Gasteiger partial charge in [0.05, 0.1) is 10.4 Å². The lowest BCUT2D eigenvalue weighted by Gasteiger charge is -2.36. The summed E-state index contributed by atoms with van der Waals surface area (Å²) in [6.45, 7) is 7.49. The number of rotatable bonds is 6. The summed E-state index contributed by atoms with van der Waals surface area (Å²) in [6.07, 6.45) is 0. The Morgan fingerprint density at radius 2 is 2.13 bits per heavy atom. The molecule has 3 heterocycles. The van der Waals surface area contributed by atoms with Crippen LogP contribution < -0.4 is 0 Å². The second kappa shape index (κ2) is 7.72. The molecule has 1 atom stereocenters. The average Bonchev–Trinajstić information content (AvgIpc) is 3.17. The van der Waals surface area contributed by atoms with Gasteiger partial charge in [-0.1, -0.05) is 16.8 Å². The molecule has 0 bridgehead atoms. The van der Waals surface area contributed by atoms with Gasteiger partial charge in [0, 0.05) is 44.7 Å². The summed E-state index contributed by atoms with van der Waals surface area (Å²) < 4.78 is 11.2. The highest BCUT2D eigenvalue weighted by molar-refractivity contribution is 7.16. The number of methoxy groups -OCH3 is 1. The summed E-state index contributed by atoms with van der Waals surface area (Å²) in [4.78, 5) is 10.5. The van der Waals surface area contributed by atoms with Crippen molar-refractivity contribution in [3.05, 3.63) is 33.1 Å². The molecule has 1 saturated heterocycles. The number of hydrogen-bond acceptors (Lipinski definition) is 7. The van der Waals surface area contributed by atoms with Gasteiger partial charge in [-0.05, 0) is 19.1 Å². The highest BCUT2D eigenvalue weighted by Gasteiger charge is 2.25. The Kier molecular flexibility index (Phi) is 5.66. The number of ether oxygens (including phenoxy) is 1. The maximum absolute atomic E-state index is 5.99. The molecular formula is C15H21ClN4O2S. The molecule has 0 amide bonds. The van der Waals surface area contributed by atoms with Crippen molar-refractivity contribution in [2.45, 2.75) is 26.1 Å². The van der Waals surface area contributed by atoms with Gasteiger partial charge in [0.25, 0.3) is 0 Å². The van der Waals surface area contributed by atoms with E-state index in [2.05, 4.69) is 32.9 Å². The second-order valence-electron chi connectivity index (χ2n) is 5.68. The van der Waals surface area contributed by atoms with Crippen LogP contribution >= 0.6 is 22.9 Å². The normalized spacial score (nSPS) is 18.4. The lowest BCUT2D eigenvalue weighted by atomic mass is 10.2. The summed E-state index contributed by atoms with van der Waals surface area (Å²) >= 11 is 7.65. The molecular weight excluding hydrogens is 336 g/mol. The molecule has 0 saturated carbocycles. The molecule has 1 aliphatic rings. The van der Waals surface area contributed by atoms with E-state index < -0.39 is 0 Å². The average molecular weight is 357 g/mol. The fourth-order valence-corrected chi connectivity index (χ4v) is 3.88. The third-order valence-electron chi connectivity index (χ3n) is 4.08. The predicted molar refractivity (Wildman–Crippen MR) is 89.6 cm³/mol. The largest absolute Gasteiger partial charge is 0.377 e. The maximum Gasteiger partial charge on any atom is 0.243 e. The summed E-state index contributed by atoms with van der Waals surface area (Å²) in [5.41, 5.74) is 0. The first-order valence-corrected chi connectivity index (χ1v) is 8.87. The van der Waals surface area contributed by atoms with Crippen molar-refractivity contribution in [3.63, 3.8) is 0 Å². The first kappa shape index (κ1) is 16.9. The topological polar surface area (TPSA) is 54.6 Å². The number of hydrogen-bond donors (Lipinski definition) is 0. The van der Waals surface area contributed by atoms with Crippen LogP contribution in [-0.2, 0) is 17.9 Å². The number of halogens is 1. The zero-order valence-corrected chi connectivity index (χ0v) is 14.9. The number of aromatic nitrogens is 2. The highest BCUT2D eigenvalue weighted by Crippen LogP contribution is 2.24. The van der Waals surface area contributed by atoms with Crippen LogP contribution in [0.1, 0.15) is 29.6 Å². The van der Waals surface area contributed by atoms with E-state index in [9.17, 15) is 0 Å². The Hall–Kier alpha value is -0.990. The van der Waals surface area contributed by atoms with Gasteiger partial charge in [-0.2, -0.15) is 4.98 Å². The molecule has 23 heavy (non-hydrogen) atoms. The molecule has 8 heteroatoms. The Labute approximate surface area is 145 Å². The Morgan fingerprint density at radius 3 is 2.78 bits per heavy atom. The van der Waals surface area contributed by atoms with Crippen molar-refractivity contribution in [3.8, 4) is 0 Å². The summed E-state index contributed by atoms with van der Waals surface area (Å²) in [6, 6.07) is 4.21. The van der Waals surface area contributed by atoms with Gasteiger partial charge in [-0.15, -0.1) is 11.3 Å². The second-order valence-corrected chi connectivity index (χ2v) is 7.48. The summed E-state index contributed by atoms with van der Waals surface area (Å²) in [5.74, 6) is 1.26. The van der Waals surface area contributed by atoms with E-state index in [1.807, 2.05) is 6.07 Å². The van der Waals surface area contributed by atoms with E-state index in [1.165, 1.54) is 4.88 Å². The molecule has 3 rings (SSSR count). The van der Waals surface area contributed by atoms with Crippen LogP contribution in [0, 0.1) is 0 Å². The zero-order chi connectivity index (χ0) is 16.2. The van der Waals surface area contributed by atoms with E-state index in [-0.39, 0.29) is 6.04 Å². The van der Waals surface area contributed by atoms with Crippen molar-refractivity contribution >= 4 is 22.9 Å². The zero-order valence-electron chi connectivity index (χ0n) is 13.4. The molecule has 1 unspecified atom stereocenters. The fraction of sp³-hybridized carbons (Fsp3) is 0.600. The van der Waals surface area contributed by atoms with E-state index in [0.717, 1.165) is 37.1 Å². The van der Waals surface area contributed by atoms with Crippen LogP contribution in [0.25, 0.3) is 0 Å². The molecule has 0 radical (unpaired) electrons. The molecule has 6 nitrogen and oxygen atoms in total. The van der Waals surface area contributed by atoms with Gasteiger partial charge in [0.15, 0.2) is 5.82 Å². The van der Waals surface area contributed by atoms with Crippen molar-refractivity contribution in [1.29, 1.82) is 0 Å². The first-order chi connectivity index (χ1) is 11.2. The monoisotopic (exact) mass is 356 g/mol. The molecule has 0 aromatic carbocycles. The minimum absolute atomic E-state index is 0.131. The first-order valence-electron chi connectivity index (χ1n) is 7.67. The van der Waals surface area contributed by atoms with Gasteiger partial charge < -0.3 is 9.26 Å². The van der Waals surface area contributed by atoms with Gasteiger partial charge in [-0.25, -0.2) is 0 Å². The van der Waals surface area contributed by atoms with Crippen molar-refractivity contribution in [2.75, 3.05) is 33.3 Å². The summed E-state index contributed by atoms with van der Waals surface area (Å²) in [7, 11) is 1.62. The van der Waals surface area contributed by atoms with Gasteiger partial charge in [0.1, 0.15) is 6.61 Å². The van der Waals surface area contributed by atoms with E-state index >= 15 is 0 Å². The molecule has 2 aromatic heterocycles. The van der Waals surface area contributed by atoms with Crippen molar-refractivity contribution < 1.29 is 9.26 Å². The van der Waals surface area contributed by atoms with Crippen LogP contribution in [0.15, 0.2) is 16.7 Å². The van der Waals surface area contributed by atoms with Crippen LogP contribution in [0.3, 0.4) is 0 Å². The minimum Gasteiger partial charge on any atom is -0.377 e. The molecule has 0 spiro atoms. The molecule has 1 fully saturated rings. The third-order valence-corrected chi connectivity index (χ3v) is 5.29. The number of piperazine rings is 1. The van der Waals surface area contributed by atoms with Gasteiger partial charge >= 0.3 is 0 Å². The molecule has 0 N–H and O–H groups in total. The number of thiophene rings is 1. The SMILES string of the molecule is COCc1noc(C(C)N2CCN(Cc3ccc(Cl)s3)CC2)n1. The van der Waals surface area contributed by atoms with Crippen LogP contribution in [0.2, 0.25) is 4.34 Å². The molecule has 1 aliphatic heterocycles. The summed E-state index contributed by atoms with van der Waals surface area (Å²) in [5, 5.41) is 3.94. The van der Waals surface area contributed by atoms with E-state index in [0.29, 0.717) is 18.3 Å². The van der Waals surface area contributed by atoms with Gasteiger partial charge in [0.2, 0.25) is 5.89 Å². The lowest BCUT2D eigenvalue weighted by molar-refractivity contribution is 0.0850. The maximum atomic E-state index is 5.99. The standard InChI is InChI=1S/C15H21ClN4O2S/c1-11(15-17-14(10-21-2)18-22-15)20-7-5-19(6-8-20)9-12-3-4-13(16)23-12/h3-4,11H,5-10H2,1-2H3. The highest BCUT2D eigenvalue weighted by atomic mass is 35.5. The predicted octanol–water partition coefficient (Wildman–Crippen LogP) is 2.81. The van der Waals surface area contributed by atoms with Crippen molar-refractivity contribution in [1.82, 2.24) is 19.9 Å². The van der Waals surface area contributed by atoms with Crippen molar-refractivity contribution in [2.24, 2.45) is 0 Å². The van der Waals surface area contributed by atoms with E-state index in [1.54, 1.807) is 18.4 Å².